The van der Waals surface area contributed by atoms with Crippen molar-refractivity contribution in [2.24, 2.45) is 0 Å². The molecular formula is CBr3FO. The van der Waals surface area contributed by atoms with Crippen LogP contribution in [0.4, 0.5) is 4.53 Å². The molecule has 0 aliphatic rings. The molecule has 5 heteroatoms. The van der Waals surface area contributed by atoms with Gasteiger partial charge in [0.25, 0.3) is 2.33 Å². The summed E-state index contributed by atoms with van der Waals surface area (Å²) in [5, 5.41) is 0. The average molecular weight is 287 g/mol. The van der Waals surface area contributed by atoms with Crippen molar-refractivity contribution in [2.75, 3.05) is 0 Å². The zero-order valence-electron chi connectivity index (χ0n) is 2.42. The number of halogens is 4. The lowest BCUT2D eigenvalue weighted by molar-refractivity contribution is -0.123. The van der Waals surface area contributed by atoms with Crippen molar-refractivity contribution in [2.45, 2.75) is 2.33 Å². The van der Waals surface area contributed by atoms with E-state index in [1.807, 2.05) is 0 Å². The SMILES string of the molecule is FOC(Br)(Br)Br. The van der Waals surface area contributed by atoms with E-state index in [1.165, 1.54) is 0 Å². The molecule has 0 saturated heterocycles. The monoisotopic (exact) mass is 284 g/mol. The van der Waals surface area contributed by atoms with Crippen molar-refractivity contribution < 1.29 is 9.47 Å². The molecule has 0 aromatic heterocycles. The van der Waals surface area contributed by atoms with Gasteiger partial charge in [-0.3, -0.25) is 0 Å². The summed E-state index contributed by atoms with van der Waals surface area (Å²) in [6.45, 7) is 0. The van der Waals surface area contributed by atoms with Crippen molar-refractivity contribution in [3.8, 4) is 0 Å². The topological polar surface area (TPSA) is 9.23 Å². The lowest BCUT2D eigenvalue weighted by Gasteiger charge is -2.00. The summed E-state index contributed by atoms with van der Waals surface area (Å²) in [5.74, 6) is 0. The van der Waals surface area contributed by atoms with Crippen LogP contribution in [-0.4, -0.2) is 2.33 Å². The van der Waals surface area contributed by atoms with E-state index in [0.717, 1.165) is 0 Å². The molecule has 0 saturated carbocycles. The maximum atomic E-state index is 10.9. The molecular weight excluding hydrogens is 287 g/mol. The van der Waals surface area contributed by atoms with E-state index in [-0.39, 0.29) is 0 Å². The molecule has 6 heavy (non-hydrogen) atoms. The second-order valence-electron chi connectivity index (χ2n) is 0.523. The summed E-state index contributed by atoms with van der Waals surface area (Å²) in [5.41, 5.74) is 0. The van der Waals surface area contributed by atoms with E-state index in [2.05, 4.69) is 52.7 Å². The second-order valence-corrected chi connectivity index (χ2v) is 7.07. The van der Waals surface area contributed by atoms with Crippen molar-refractivity contribution >= 4 is 47.8 Å². The molecule has 0 amide bonds. The van der Waals surface area contributed by atoms with Crippen LogP contribution in [0.5, 0.6) is 0 Å². The van der Waals surface area contributed by atoms with E-state index < -0.39 is 2.33 Å². The Bertz CT molecular complexity index is 40.5. The predicted octanol–water partition coefficient (Wildman–Crippen LogP) is 2.68. The highest BCUT2D eigenvalue weighted by atomic mass is 80.0. The van der Waals surface area contributed by atoms with Crippen LogP contribution < -0.4 is 0 Å². The number of hydrogen-bond donors (Lipinski definition) is 0. The van der Waals surface area contributed by atoms with Crippen LogP contribution in [0.15, 0.2) is 0 Å². The Hall–Kier alpha value is 1.33. The van der Waals surface area contributed by atoms with Gasteiger partial charge in [-0.2, -0.15) is 4.94 Å². The Labute approximate surface area is 59.5 Å². The van der Waals surface area contributed by atoms with Gasteiger partial charge in [-0.05, 0) is 52.3 Å². The molecule has 0 aliphatic carbocycles. The first-order valence-electron chi connectivity index (χ1n) is 0.925. The zero-order valence-corrected chi connectivity index (χ0v) is 7.18. The first kappa shape index (κ1) is 7.33. The lowest BCUT2D eigenvalue weighted by atomic mass is 11.7. The second kappa shape index (κ2) is 2.59. The van der Waals surface area contributed by atoms with Crippen LogP contribution in [0.25, 0.3) is 0 Å². The Balaban J connectivity index is 3.17. The van der Waals surface area contributed by atoms with Crippen LogP contribution in [0.2, 0.25) is 0 Å². The third kappa shape index (κ3) is 5.33. The molecule has 0 N–H and O–H groups in total. The van der Waals surface area contributed by atoms with Gasteiger partial charge in [-0.1, -0.05) is 0 Å². The summed E-state index contributed by atoms with van der Waals surface area (Å²) in [7, 11) is 0. The molecule has 0 bridgehead atoms. The lowest BCUT2D eigenvalue weighted by Crippen LogP contribution is -1.96. The quantitative estimate of drug-likeness (QED) is 0.622. The Morgan fingerprint density at radius 2 is 1.50 bits per heavy atom. The van der Waals surface area contributed by atoms with Gasteiger partial charge >= 0.3 is 0 Å². The van der Waals surface area contributed by atoms with Gasteiger partial charge in [0.15, 0.2) is 0 Å². The Kier molecular flexibility index (Phi) is 3.17. The fourth-order valence-electron chi connectivity index (χ4n) is 0. The molecule has 38 valence electrons. The number of hydrogen-bond acceptors (Lipinski definition) is 1. The fraction of sp³-hybridized carbons (Fsp3) is 1.00. The third-order valence-corrected chi connectivity index (χ3v) is 0.455. The molecule has 0 aromatic rings. The summed E-state index contributed by atoms with van der Waals surface area (Å²) < 4.78 is 9.67. The van der Waals surface area contributed by atoms with Gasteiger partial charge in [0.1, 0.15) is 0 Å². The minimum Gasteiger partial charge on any atom is -0.152 e. The van der Waals surface area contributed by atoms with Crippen LogP contribution in [0, 0.1) is 0 Å². The summed E-state index contributed by atoms with van der Waals surface area (Å²) in [6.07, 6.45) is 0. The van der Waals surface area contributed by atoms with E-state index >= 15 is 0 Å². The smallest absolute Gasteiger partial charge is 0.152 e. The molecule has 0 heterocycles. The van der Waals surface area contributed by atoms with Gasteiger partial charge in [-0.15, -0.1) is 0 Å². The zero-order chi connectivity index (χ0) is 5.21. The number of alkyl halides is 3. The standard InChI is InChI=1S/CBr3FO/c2-1(3,4)6-5. The minimum absolute atomic E-state index is 1.19. The molecule has 1 nitrogen and oxygen atoms in total. The largest absolute Gasteiger partial charge is 0.270 e. The van der Waals surface area contributed by atoms with E-state index in [9.17, 15) is 4.53 Å². The first-order valence-corrected chi connectivity index (χ1v) is 3.30. The molecule has 0 aromatic carbocycles. The third-order valence-electron chi connectivity index (χ3n) is 0.0875. The van der Waals surface area contributed by atoms with Crippen LogP contribution in [-0.2, 0) is 4.94 Å². The highest BCUT2D eigenvalue weighted by molar-refractivity contribution is 9.39. The van der Waals surface area contributed by atoms with Crippen molar-refractivity contribution in [1.82, 2.24) is 0 Å². The van der Waals surface area contributed by atoms with E-state index in [0.29, 0.717) is 0 Å². The predicted molar refractivity (Wildman–Crippen MR) is 31.7 cm³/mol. The van der Waals surface area contributed by atoms with E-state index in [1.54, 1.807) is 0 Å². The van der Waals surface area contributed by atoms with Crippen molar-refractivity contribution in [1.29, 1.82) is 0 Å². The Morgan fingerprint density at radius 1 is 1.33 bits per heavy atom. The first-order chi connectivity index (χ1) is 2.56. The number of rotatable bonds is 0. The van der Waals surface area contributed by atoms with Gasteiger partial charge in [0.2, 0.25) is 0 Å². The van der Waals surface area contributed by atoms with Gasteiger partial charge < -0.3 is 0 Å². The van der Waals surface area contributed by atoms with Crippen molar-refractivity contribution in [3.05, 3.63) is 0 Å². The molecule has 0 aliphatic heterocycles. The molecule has 0 atom stereocenters. The molecule has 0 unspecified atom stereocenters. The molecule has 0 spiro atoms. The minimum atomic E-state index is -1.19. The van der Waals surface area contributed by atoms with Crippen LogP contribution in [0.1, 0.15) is 0 Å². The van der Waals surface area contributed by atoms with Gasteiger partial charge in [0, 0.05) is 0 Å². The average Bonchev–Trinajstić information content (AvgIpc) is 1.35. The van der Waals surface area contributed by atoms with Crippen LogP contribution in [0.3, 0.4) is 0 Å². The molecule has 0 rings (SSSR count). The maximum absolute atomic E-state index is 10.9. The van der Waals surface area contributed by atoms with Gasteiger partial charge in [0.05, 0.1) is 0 Å². The highest BCUT2D eigenvalue weighted by Crippen LogP contribution is 2.34. The van der Waals surface area contributed by atoms with Crippen molar-refractivity contribution in [3.63, 3.8) is 0 Å². The summed E-state index contributed by atoms with van der Waals surface area (Å²) >= 11 is 8.14. The molecule has 0 radical (unpaired) electrons. The highest BCUT2D eigenvalue weighted by Gasteiger charge is 2.17. The Morgan fingerprint density at radius 3 is 1.50 bits per heavy atom. The summed E-state index contributed by atoms with van der Waals surface area (Å²) in [4.78, 5) is 3.19. The molecule has 0 fully saturated rings. The van der Waals surface area contributed by atoms with E-state index in [4.69, 9.17) is 0 Å². The fourth-order valence-corrected chi connectivity index (χ4v) is 0. The normalized spacial score (nSPS) is 12.0. The van der Waals surface area contributed by atoms with Crippen LogP contribution >= 0.6 is 47.8 Å². The maximum Gasteiger partial charge on any atom is 0.270 e. The summed E-state index contributed by atoms with van der Waals surface area (Å²) in [6, 6.07) is 0. The van der Waals surface area contributed by atoms with Gasteiger partial charge in [-0.25, -0.2) is 0 Å².